The van der Waals surface area contributed by atoms with E-state index >= 15 is 0 Å². The molecule has 2 aromatic carbocycles. The Morgan fingerprint density at radius 3 is 2.68 bits per heavy atom. The molecule has 0 spiro atoms. The van der Waals surface area contributed by atoms with Gasteiger partial charge >= 0.3 is 0 Å². The fourth-order valence-corrected chi connectivity index (χ4v) is 4.17. The SMILES string of the molecule is CC(C)C(CO)NC(=O)c1ccc2c(-c3cccc(C4CC4)c3)nn(-c3ccc(F)cn3)c2c1. The number of hydrogen-bond donors (Lipinski definition) is 2. The number of aromatic nitrogens is 3. The Kier molecular flexibility index (Phi) is 5.87. The summed E-state index contributed by atoms with van der Waals surface area (Å²) in [6.45, 7) is 3.76. The van der Waals surface area contributed by atoms with Gasteiger partial charge in [0, 0.05) is 16.5 Å². The summed E-state index contributed by atoms with van der Waals surface area (Å²) in [5.74, 6) is 0.469. The highest BCUT2D eigenvalue weighted by atomic mass is 19.1. The van der Waals surface area contributed by atoms with E-state index in [4.69, 9.17) is 5.10 Å². The number of pyridine rings is 1. The molecule has 174 valence electrons. The van der Waals surface area contributed by atoms with Crippen molar-refractivity contribution in [2.45, 2.75) is 38.6 Å². The van der Waals surface area contributed by atoms with Crippen molar-refractivity contribution in [3.8, 4) is 17.1 Å². The first kappa shape index (κ1) is 22.2. The second-order valence-electron chi connectivity index (χ2n) is 9.23. The lowest BCUT2D eigenvalue weighted by atomic mass is 10.0. The molecule has 0 bridgehead atoms. The molecule has 0 radical (unpaired) electrons. The van der Waals surface area contributed by atoms with Crippen LogP contribution in [0.4, 0.5) is 4.39 Å². The summed E-state index contributed by atoms with van der Waals surface area (Å²) >= 11 is 0. The van der Waals surface area contributed by atoms with Crippen LogP contribution in [0.1, 0.15) is 48.5 Å². The zero-order valence-corrected chi connectivity index (χ0v) is 19.2. The van der Waals surface area contributed by atoms with Crippen molar-refractivity contribution in [2.24, 2.45) is 5.92 Å². The molecule has 1 atom stereocenters. The third-order valence-corrected chi connectivity index (χ3v) is 6.40. The molecule has 34 heavy (non-hydrogen) atoms. The zero-order valence-electron chi connectivity index (χ0n) is 19.2. The number of hydrogen-bond acceptors (Lipinski definition) is 4. The summed E-state index contributed by atoms with van der Waals surface area (Å²) in [4.78, 5) is 17.2. The van der Waals surface area contributed by atoms with Gasteiger partial charge in [0.1, 0.15) is 11.5 Å². The molecule has 6 nitrogen and oxygen atoms in total. The summed E-state index contributed by atoms with van der Waals surface area (Å²) in [6, 6.07) is 16.4. The number of halogens is 1. The molecule has 1 saturated carbocycles. The van der Waals surface area contributed by atoms with Crippen LogP contribution in [-0.2, 0) is 0 Å². The van der Waals surface area contributed by atoms with E-state index in [0.717, 1.165) is 22.8 Å². The molecule has 0 saturated heterocycles. The third kappa shape index (κ3) is 4.31. The summed E-state index contributed by atoms with van der Waals surface area (Å²) in [7, 11) is 0. The maximum absolute atomic E-state index is 13.5. The lowest BCUT2D eigenvalue weighted by molar-refractivity contribution is 0.0897. The van der Waals surface area contributed by atoms with E-state index in [9.17, 15) is 14.3 Å². The minimum atomic E-state index is -0.429. The maximum atomic E-state index is 13.5. The Bertz CT molecular complexity index is 1340. The van der Waals surface area contributed by atoms with Gasteiger partial charge in [-0.1, -0.05) is 32.0 Å². The highest BCUT2D eigenvalue weighted by Crippen LogP contribution is 2.41. The standard InChI is InChI=1S/C27H27FN4O2/c1-16(2)23(15-33)30-27(34)20-8-10-22-24(13-20)32(25-11-9-21(28)14-29-25)31-26(22)19-5-3-4-18(12-19)17-6-7-17/h3-5,8-14,16-17,23,33H,6-7,15H2,1-2H3,(H,30,34). The van der Waals surface area contributed by atoms with Gasteiger partial charge in [0.15, 0.2) is 5.82 Å². The van der Waals surface area contributed by atoms with Crippen LogP contribution in [0.5, 0.6) is 0 Å². The molecule has 1 aliphatic rings. The number of aliphatic hydroxyl groups excluding tert-OH is 1. The third-order valence-electron chi connectivity index (χ3n) is 6.40. The van der Waals surface area contributed by atoms with Gasteiger partial charge in [-0.2, -0.15) is 5.10 Å². The highest BCUT2D eigenvalue weighted by molar-refractivity contribution is 6.01. The van der Waals surface area contributed by atoms with Crippen molar-refractivity contribution < 1.29 is 14.3 Å². The first-order valence-electron chi connectivity index (χ1n) is 11.6. The normalized spacial score (nSPS) is 14.5. The molecule has 1 aliphatic carbocycles. The fourth-order valence-electron chi connectivity index (χ4n) is 4.17. The Balaban J connectivity index is 1.62. The molecule has 7 heteroatoms. The first-order chi connectivity index (χ1) is 16.4. The van der Waals surface area contributed by atoms with E-state index in [-0.39, 0.29) is 24.5 Å². The number of nitrogens with one attached hydrogen (secondary N) is 1. The van der Waals surface area contributed by atoms with Crippen LogP contribution in [0.25, 0.3) is 28.0 Å². The lowest BCUT2D eigenvalue weighted by Gasteiger charge is -2.19. The summed E-state index contributed by atoms with van der Waals surface area (Å²) in [6.07, 6.45) is 3.57. The molecule has 5 rings (SSSR count). The predicted octanol–water partition coefficient (Wildman–Crippen LogP) is 4.85. The van der Waals surface area contributed by atoms with Gasteiger partial charge < -0.3 is 10.4 Å². The molecule has 1 fully saturated rings. The average Bonchev–Trinajstić information content (AvgIpc) is 3.63. The van der Waals surface area contributed by atoms with Gasteiger partial charge in [-0.3, -0.25) is 4.79 Å². The maximum Gasteiger partial charge on any atom is 0.251 e. The average molecular weight is 459 g/mol. The van der Waals surface area contributed by atoms with Crippen LogP contribution in [0.15, 0.2) is 60.8 Å². The smallest absolute Gasteiger partial charge is 0.251 e. The van der Waals surface area contributed by atoms with E-state index in [1.54, 1.807) is 22.9 Å². The van der Waals surface area contributed by atoms with Gasteiger partial charge in [0.2, 0.25) is 0 Å². The predicted molar refractivity (Wildman–Crippen MR) is 129 cm³/mol. The lowest BCUT2D eigenvalue weighted by Crippen LogP contribution is -2.41. The van der Waals surface area contributed by atoms with E-state index in [1.165, 1.54) is 24.5 Å². The molecule has 0 aliphatic heterocycles. The Morgan fingerprint density at radius 2 is 2.00 bits per heavy atom. The monoisotopic (exact) mass is 458 g/mol. The van der Waals surface area contributed by atoms with Gasteiger partial charge in [-0.25, -0.2) is 14.1 Å². The Hall–Kier alpha value is -3.58. The van der Waals surface area contributed by atoms with Crippen LogP contribution < -0.4 is 5.32 Å². The van der Waals surface area contributed by atoms with Crippen LogP contribution in [-0.4, -0.2) is 38.4 Å². The Labute approximate surface area is 197 Å². The zero-order chi connectivity index (χ0) is 23.8. The number of rotatable bonds is 7. The molecule has 4 aromatic rings. The van der Waals surface area contributed by atoms with Crippen molar-refractivity contribution in [3.63, 3.8) is 0 Å². The highest BCUT2D eigenvalue weighted by Gasteiger charge is 2.24. The van der Waals surface area contributed by atoms with Crippen molar-refractivity contribution >= 4 is 16.8 Å². The molecular weight excluding hydrogens is 431 g/mol. The summed E-state index contributed by atoms with van der Waals surface area (Å²) in [5, 5.41) is 18.2. The van der Waals surface area contributed by atoms with Gasteiger partial charge in [-0.05, 0) is 66.6 Å². The number of carbonyl (C=O) groups is 1. The molecule has 2 heterocycles. The van der Waals surface area contributed by atoms with Crippen molar-refractivity contribution in [1.82, 2.24) is 20.1 Å². The van der Waals surface area contributed by atoms with Crippen molar-refractivity contribution in [3.05, 3.63) is 77.7 Å². The van der Waals surface area contributed by atoms with E-state index < -0.39 is 5.82 Å². The molecular formula is C27H27FN4O2. The van der Waals surface area contributed by atoms with E-state index in [0.29, 0.717) is 22.8 Å². The van der Waals surface area contributed by atoms with Crippen LogP contribution in [0.2, 0.25) is 0 Å². The molecule has 2 N–H and O–H groups in total. The van der Waals surface area contributed by atoms with Crippen LogP contribution in [0, 0.1) is 11.7 Å². The topological polar surface area (TPSA) is 80.0 Å². The second-order valence-corrected chi connectivity index (χ2v) is 9.23. The largest absolute Gasteiger partial charge is 0.394 e. The number of nitrogens with zero attached hydrogens (tertiary/aromatic N) is 3. The Morgan fingerprint density at radius 1 is 1.18 bits per heavy atom. The van der Waals surface area contributed by atoms with Crippen LogP contribution >= 0.6 is 0 Å². The number of benzene rings is 2. The van der Waals surface area contributed by atoms with Gasteiger partial charge in [0.05, 0.1) is 24.4 Å². The van der Waals surface area contributed by atoms with Gasteiger partial charge in [0.25, 0.3) is 5.91 Å². The second kappa shape index (κ2) is 8.99. The molecule has 1 unspecified atom stereocenters. The number of carbonyl (C=O) groups excluding carboxylic acids is 1. The molecule has 1 amide bonds. The number of fused-ring (bicyclic) bond motifs is 1. The number of amides is 1. The van der Waals surface area contributed by atoms with Crippen molar-refractivity contribution in [1.29, 1.82) is 0 Å². The number of aliphatic hydroxyl groups is 1. The quantitative estimate of drug-likeness (QED) is 0.415. The van der Waals surface area contributed by atoms with E-state index in [2.05, 4.69) is 22.4 Å². The van der Waals surface area contributed by atoms with E-state index in [1.807, 2.05) is 32.0 Å². The molecule has 2 aromatic heterocycles. The van der Waals surface area contributed by atoms with Crippen molar-refractivity contribution in [2.75, 3.05) is 6.61 Å². The summed E-state index contributed by atoms with van der Waals surface area (Å²) < 4.78 is 15.2. The minimum absolute atomic E-state index is 0.0944. The summed E-state index contributed by atoms with van der Waals surface area (Å²) in [5.41, 5.74) is 4.23. The first-order valence-corrected chi connectivity index (χ1v) is 11.6. The van der Waals surface area contributed by atoms with Gasteiger partial charge in [-0.15, -0.1) is 0 Å². The minimum Gasteiger partial charge on any atom is -0.394 e. The fraction of sp³-hybridized carbons (Fsp3) is 0.296. The van der Waals surface area contributed by atoms with Crippen LogP contribution in [0.3, 0.4) is 0 Å².